The zero-order valence-electron chi connectivity index (χ0n) is 31.3. The van der Waals surface area contributed by atoms with E-state index in [1.54, 1.807) is 40.6 Å². The van der Waals surface area contributed by atoms with Crippen LogP contribution in [0.5, 0.6) is 51.7 Å². The summed E-state index contributed by atoms with van der Waals surface area (Å²) in [6.45, 7) is 0.653. The maximum atomic E-state index is 13.5. The van der Waals surface area contributed by atoms with Crippen molar-refractivity contribution in [1.82, 2.24) is 4.90 Å². The molecule has 0 radical (unpaired) electrons. The molecule has 0 fully saturated rings. The molecule has 2 atom stereocenters. The van der Waals surface area contributed by atoms with Crippen molar-refractivity contribution in [1.29, 1.82) is 0 Å². The first-order chi connectivity index (χ1) is 25.6. The van der Waals surface area contributed by atoms with Crippen molar-refractivity contribution < 1.29 is 56.9 Å². The van der Waals surface area contributed by atoms with E-state index in [-0.39, 0.29) is 24.5 Å². The highest BCUT2D eigenvalue weighted by Crippen LogP contribution is 2.47. The summed E-state index contributed by atoms with van der Waals surface area (Å²) >= 11 is 0. The summed E-state index contributed by atoms with van der Waals surface area (Å²) in [6, 6.07) is 11.7. The number of aromatic hydroxyl groups is 1. The van der Waals surface area contributed by atoms with Gasteiger partial charge in [0, 0.05) is 12.6 Å². The van der Waals surface area contributed by atoms with Gasteiger partial charge in [0.15, 0.2) is 40.3 Å². The summed E-state index contributed by atoms with van der Waals surface area (Å²) < 4.78 is 56.4. The molecule has 0 amide bonds. The number of esters is 1. The van der Waals surface area contributed by atoms with Gasteiger partial charge in [0.05, 0.1) is 88.9 Å². The maximum Gasteiger partial charge on any atom is 0.306 e. The zero-order valence-corrected chi connectivity index (χ0v) is 31.3. The number of hydrogen-bond donors (Lipinski definition) is 1. The molecule has 3 aromatic carbocycles. The van der Waals surface area contributed by atoms with Gasteiger partial charge in [-0.1, -0.05) is 0 Å². The maximum absolute atomic E-state index is 13.5. The molecule has 1 N–H and O–H groups in total. The number of benzene rings is 3. The molecule has 53 heavy (non-hydrogen) atoms. The number of carbonyl (C=O) groups is 1. The Bertz CT molecular complexity index is 1960. The summed E-state index contributed by atoms with van der Waals surface area (Å²) in [6.07, 6.45) is 0.351. The fourth-order valence-corrected chi connectivity index (χ4v) is 6.80. The third-order valence-electron chi connectivity index (χ3n) is 9.34. The summed E-state index contributed by atoms with van der Waals surface area (Å²) in [5.74, 6) is 1.34. The summed E-state index contributed by atoms with van der Waals surface area (Å²) in [5.41, 5.74) is 2.52. The second kappa shape index (κ2) is 16.7. The topological polar surface area (TPSA) is 154 Å². The molecule has 14 heteroatoms. The van der Waals surface area contributed by atoms with Crippen LogP contribution in [-0.2, 0) is 22.5 Å². The second-order valence-electron chi connectivity index (χ2n) is 12.1. The van der Waals surface area contributed by atoms with Gasteiger partial charge in [-0.2, -0.15) is 0 Å². The van der Waals surface area contributed by atoms with Crippen molar-refractivity contribution >= 4 is 5.97 Å². The number of methoxy groups -OCH3 is 9. The van der Waals surface area contributed by atoms with Crippen LogP contribution in [0.4, 0.5) is 0 Å². The van der Waals surface area contributed by atoms with Crippen molar-refractivity contribution in [3.63, 3.8) is 0 Å². The van der Waals surface area contributed by atoms with Gasteiger partial charge in [-0.25, -0.2) is 0 Å². The second-order valence-corrected chi connectivity index (χ2v) is 12.1. The van der Waals surface area contributed by atoms with E-state index in [0.717, 1.165) is 16.7 Å². The molecule has 284 valence electrons. The molecule has 0 saturated heterocycles. The van der Waals surface area contributed by atoms with Crippen LogP contribution in [0.15, 0.2) is 51.7 Å². The van der Waals surface area contributed by atoms with Crippen LogP contribution in [0.25, 0.3) is 0 Å². The quantitative estimate of drug-likeness (QED) is 0.158. The fraction of sp³-hybridized carbons (Fsp3) is 0.385. The minimum atomic E-state index is -0.978. The van der Waals surface area contributed by atoms with E-state index in [1.165, 1.54) is 41.6 Å². The lowest BCUT2D eigenvalue weighted by Crippen LogP contribution is -2.36. The minimum Gasteiger partial charge on any atom is -0.502 e. The van der Waals surface area contributed by atoms with Gasteiger partial charge in [-0.15, -0.1) is 0 Å². The first-order valence-electron chi connectivity index (χ1n) is 16.6. The Labute approximate surface area is 307 Å². The molecule has 0 bridgehead atoms. The predicted molar refractivity (Wildman–Crippen MR) is 193 cm³/mol. The highest BCUT2D eigenvalue weighted by atomic mass is 16.5. The zero-order chi connectivity index (χ0) is 38.4. The molecule has 2 heterocycles. The van der Waals surface area contributed by atoms with Crippen LogP contribution in [0.3, 0.4) is 0 Å². The predicted octanol–water partition coefficient (Wildman–Crippen LogP) is 5.26. The van der Waals surface area contributed by atoms with Crippen molar-refractivity contribution in [3.05, 3.63) is 86.5 Å². The molecule has 1 aliphatic rings. The van der Waals surface area contributed by atoms with Crippen LogP contribution in [-0.4, -0.2) is 86.5 Å². The Morgan fingerprint density at radius 2 is 1.26 bits per heavy atom. The molecule has 1 aromatic heterocycles. The van der Waals surface area contributed by atoms with E-state index in [2.05, 4.69) is 4.90 Å². The Morgan fingerprint density at radius 3 is 1.77 bits per heavy atom. The van der Waals surface area contributed by atoms with Gasteiger partial charge in [0.2, 0.25) is 22.7 Å². The fourth-order valence-electron chi connectivity index (χ4n) is 6.80. The van der Waals surface area contributed by atoms with Crippen molar-refractivity contribution in [2.24, 2.45) is 0 Å². The van der Waals surface area contributed by atoms with Crippen molar-refractivity contribution in [2.45, 2.75) is 31.3 Å². The number of hydrogen-bond acceptors (Lipinski definition) is 14. The van der Waals surface area contributed by atoms with Gasteiger partial charge in [0.1, 0.15) is 5.76 Å². The molecular weight excluding hydrogens is 690 g/mol. The number of nitrogens with zero attached hydrogens (tertiary/aromatic N) is 1. The lowest BCUT2D eigenvalue weighted by molar-refractivity contribution is -0.140. The third-order valence-corrected chi connectivity index (χ3v) is 9.34. The van der Waals surface area contributed by atoms with E-state index in [9.17, 15) is 14.7 Å². The van der Waals surface area contributed by atoms with Gasteiger partial charge >= 0.3 is 5.97 Å². The standard InChI is InChI=1S/C39H45NO13/c1-44-28-12-21-10-11-40(35(25(21)18-29(28)45-2)23-15-32(48-5)39(52-9)33(16-23)49-6)20-24-17-27(41)36(43)37(53-24)26(19-34(42)50-7)22-13-30(46-3)38(51-8)31(14-22)47-4/h12-18,26,35,43H,10-11,19-20H2,1-9H3/t26-,35-/m0/s1. The van der Waals surface area contributed by atoms with E-state index in [1.807, 2.05) is 24.3 Å². The van der Waals surface area contributed by atoms with Crippen LogP contribution >= 0.6 is 0 Å². The molecular formula is C39H45NO13. The van der Waals surface area contributed by atoms with Gasteiger partial charge in [-0.05, 0) is 65.1 Å². The van der Waals surface area contributed by atoms with Crippen LogP contribution in [0.2, 0.25) is 0 Å². The van der Waals surface area contributed by atoms with E-state index >= 15 is 0 Å². The number of ether oxygens (including phenoxy) is 9. The highest BCUT2D eigenvalue weighted by Gasteiger charge is 2.34. The Balaban J connectivity index is 1.68. The smallest absolute Gasteiger partial charge is 0.306 e. The Morgan fingerprint density at radius 1 is 0.736 bits per heavy atom. The number of fused-ring (bicyclic) bond motifs is 1. The van der Waals surface area contributed by atoms with Crippen molar-refractivity contribution in [2.75, 3.05) is 70.5 Å². The van der Waals surface area contributed by atoms with Crippen LogP contribution in [0, 0.1) is 0 Å². The number of carbonyl (C=O) groups excluding carboxylic acids is 1. The lowest BCUT2D eigenvalue weighted by atomic mass is 9.87. The summed E-state index contributed by atoms with van der Waals surface area (Å²) in [4.78, 5) is 28.4. The highest BCUT2D eigenvalue weighted by molar-refractivity contribution is 5.72. The average Bonchev–Trinajstić information content (AvgIpc) is 3.19. The van der Waals surface area contributed by atoms with Gasteiger partial charge in [-0.3, -0.25) is 14.5 Å². The molecule has 0 unspecified atom stereocenters. The van der Waals surface area contributed by atoms with E-state index in [4.69, 9.17) is 47.0 Å². The SMILES string of the molecule is COC(=O)C[C@@H](c1cc(OC)c(OC)c(OC)c1)c1oc(CN2CCc3cc(OC)c(OC)cc3[C@@H]2c2cc(OC)c(OC)c(OC)c2)cc(=O)c1O. The van der Waals surface area contributed by atoms with E-state index in [0.29, 0.717) is 64.5 Å². The molecule has 5 rings (SSSR count). The lowest BCUT2D eigenvalue weighted by Gasteiger charge is -2.38. The molecule has 0 saturated carbocycles. The third kappa shape index (κ3) is 7.58. The van der Waals surface area contributed by atoms with Gasteiger partial charge < -0.3 is 52.2 Å². The molecule has 1 aliphatic heterocycles. The Hall–Kier alpha value is -5.76. The summed E-state index contributed by atoms with van der Waals surface area (Å²) in [7, 11) is 13.4. The molecule has 0 aliphatic carbocycles. The minimum absolute atomic E-state index is 0.123. The monoisotopic (exact) mass is 735 g/mol. The first-order valence-corrected chi connectivity index (χ1v) is 16.6. The van der Waals surface area contributed by atoms with E-state index < -0.39 is 29.1 Å². The van der Waals surface area contributed by atoms with Crippen molar-refractivity contribution in [3.8, 4) is 51.7 Å². The first kappa shape index (κ1) is 38.5. The molecule has 14 nitrogen and oxygen atoms in total. The number of rotatable bonds is 15. The average molecular weight is 736 g/mol. The van der Waals surface area contributed by atoms with Gasteiger partial charge in [0.25, 0.3) is 0 Å². The van der Waals surface area contributed by atoms with Crippen LogP contribution in [0.1, 0.15) is 52.2 Å². The van der Waals surface area contributed by atoms with Crippen LogP contribution < -0.4 is 43.3 Å². The Kier molecular flexibility index (Phi) is 12.1. The normalized spacial score (nSPS) is 14.4. The summed E-state index contributed by atoms with van der Waals surface area (Å²) in [5, 5.41) is 11.2. The largest absolute Gasteiger partial charge is 0.502 e. The molecule has 0 spiro atoms. The molecule has 4 aromatic rings.